The lowest BCUT2D eigenvalue weighted by Gasteiger charge is -2.23. The molecule has 11 heteroatoms. The number of hydrazone groups is 1. The minimum absolute atomic E-state index is 0.0396. The predicted octanol–water partition coefficient (Wildman–Crippen LogP) is 6.04. The number of halogens is 2. The molecule has 0 bridgehead atoms. The molecule has 0 heterocycles. The molecule has 1 amide bonds. The van der Waals surface area contributed by atoms with Crippen LogP contribution in [-0.4, -0.2) is 34.2 Å². The van der Waals surface area contributed by atoms with Gasteiger partial charge in [-0.25, -0.2) is 13.8 Å². The molecule has 206 valence electrons. The highest BCUT2D eigenvalue weighted by Gasteiger charge is 2.27. The number of methoxy groups -OCH3 is 1. The molecular formula is C29H25BrClN3O5S. The van der Waals surface area contributed by atoms with Crippen LogP contribution in [0.2, 0.25) is 5.02 Å². The third-order valence-corrected chi connectivity index (χ3v) is 8.21. The van der Waals surface area contributed by atoms with Gasteiger partial charge in [-0.3, -0.25) is 9.10 Å². The van der Waals surface area contributed by atoms with E-state index in [9.17, 15) is 13.2 Å². The van der Waals surface area contributed by atoms with Crippen molar-refractivity contribution in [1.29, 1.82) is 0 Å². The quantitative estimate of drug-likeness (QED) is 0.159. The number of anilines is 1. The van der Waals surface area contributed by atoms with Gasteiger partial charge in [0.05, 0.1) is 28.4 Å². The zero-order chi connectivity index (χ0) is 28.5. The maximum absolute atomic E-state index is 13.4. The van der Waals surface area contributed by atoms with Gasteiger partial charge in [0.2, 0.25) is 0 Å². The topological polar surface area (TPSA) is 97.3 Å². The van der Waals surface area contributed by atoms with Gasteiger partial charge in [0.1, 0.15) is 13.2 Å². The van der Waals surface area contributed by atoms with Gasteiger partial charge in [-0.15, -0.1) is 0 Å². The van der Waals surface area contributed by atoms with Crippen LogP contribution in [0.15, 0.2) is 112 Å². The summed E-state index contributed by atoms with van der Waals surface area (Å²) in [4.78, 5) is 12.9. The first kappa shape index (κ1) is 29.1. The van der Waals surface area contributed by atoms with E-state index in [1.807, 2.05) is 30.3 Å². The summed E-state index contributed by atoms with van der Waals surface area (Å²) in [7, 11) is -2.54. The van der Waals surface area contributed by atoms with Gasteiger partial charge in [-0.2, -0.15) is 5.10 Å². The molecule has 0 radical (unpaired) electrons. The second-order valence-corrected chi connectivity index (χ2v) is 11.6. The average molecular weight is 643 g/mol. The number of carbonyl (C=O) groups is 1. The molecule has 1 N–H and O–H groups in total. The van der Waals surface area contributed by atoms with Crippen LogP contribution in [0.25, 0.3) is 0 Å². The Hall–Kier alpha value is -3.86. The standard InChI is InChI=1S/C29H25BrClN3O5S/c1-38-27-16-22(15-26(30)29(27)39-20-21-9-4-2-5-10-21)18-32-33-28(35)19-34(24-12-8-11-23(31)17-24)40(36,37)25-13-6-3-7-14-25/h2-18H,19-20H2,1H3,(H,33,35)/b32-18-. The molecular weight excluding hydrogens is 618 g/mol. The lowest BCUT2D eigenvalue weighted by atomic mass is 10.2. The summed E-state index contributed by atoms with van der Waals surface area (Å²) in [5, 5.41) is 4.34. The van der Waals surface area contributed by atoms with Crippen LogP contribution < -0.4 is 19.2 Å². The van der Waals surface area contributed by atoms with E-state index >= 15 is 0 Å². The summed E-state index contributed by atoms with van der Waals surface area (Å²) in [6.45, 7) is -0.164. The third-order valence-electron chi connectivity index (χ3n) is 5.60. The molecule has 4 aromatic rings. The van der Waals surface area contributed by atoms with Crippen LogP contribution in [0.3, 0.4) is 0 Å². The number of rotatable bonds is 11. The number of hydrogen-bond acceptors (Lipinski definition) is 6. The Balaban J connectivity index is 1.48. The van der Waals surface area contributed by atoms with Crippen molar-refractivity contribution in [2.75, 3.05) is 18.0 Å². The number of sulfonamides is 1. The number of amides is 1. The van der Waals surface area contributed by atoms with E-state index in [-0.39, 0.29) is 10.6 Å². The number of hydrogen-bond donors (Lipinski definition) is 1. The van der Waals surface area contributed by atoms with Gasteiger partial charge >= 0.3 is 0 Å². The Morgan fingerprint density at radius 3 is 2.38 bits per heavy atom. The molecule has 0 aliphatic carbocycles. The minimum atomic E-state index is -4.06. The lowest BCUT2D eigenvalue weighted by Crippen LogP contribution is -2.39. The van der Waals surface area contributed by atoms with E-state index in [2.05, 4.69) is 26.5 Å². The molecule has 4 aromatic carbocycles. The molecule has 0 fully saturated rings. The second kappa shape index (κ2) is 13.5. The van der Waals surface area contributed by atoms with Crippen LogP contribution in [0, 0.1) is 0 Å². The van der Waals surface area contributed by atoms with E-state index in [0.29, 0.717) is 33.2 Å². The number of carbonyl (C=O) groups excluding carboxylic acids is 1. The highest BCUT2D eigenvalue weighted by molar-refractivity contribution is 9.10. The van der Waals surface area contributed by atoms with Gasteiger partial charge in [0.25, 0.3) is 15.9 Å². The highest BCUT2D eigenvalue weighted by atomic mass is 79.9. The molecule has 0 spiro atoms. The first-order valence-corrected chi connectivity index (χ1v) is 14.6. The van der Waals surface area contributed by atoms with Crippen molar-refractivity contribution in [3.8, 4) is 11.5 Å². The van der Waals surface area contributed by atoms with Gasteiger partial charge in [-0.05, 0) is 69.5 Å². The first-order valence-electron chi connectivity index (χ1n) is 12.0. The van der Waals surface area contributed by atoms with E-state index in [1.165, 1.54) is 31.5 Å². The number of benzene rings is 4. The molecule has 0 atom stereocenters. The van der Waals surface area contributed by atoms with Crippen LogP contribution in [-0.2, 0) is 21.4 Å². The summed E-state index contributed by atoms with van der Waals surface area (Å²) in [5.41, 5.74) is 4.25. The number of ether oxygens (including phenoxy) is 2. The molecule has 8 nitrogen and oxygen atoms in total. The lowest BCUT2D eigenvalue weighted by molar-refractivity contribution is -0.119. The van der Waals surface area contributed by atoms with E-state index in [0.717, 1.165) is 9.87 Å². The Bertz CT molecular complexity index is 1600. The number of nitrogens with one attached hydrogen (secondary N) is 1. The SMILES string of the molecule is COc1cc(/C=N\NC(=O)CN(c2cccc(Cl)c2)S(=O)(=O)c2ccccc2)cc(Br)c1OCc1ccccc1. The van der Waals surface area contributed by atoms with Crippen LogP contribution >= 0.6 is 27.5 Å². The van der Waals surface area contributed by atoms with Gasteiger partial charge in [-0.1, -0.05) is 66.2 Å². The normalized spacial score (nSPS) is 11.3. The van der Waals surface area contributed by atoms with Crippen molar-refractivity contribution in [2.24, 2.45) is 5.10 Å². The molecule has 0 aliphatic rings. The summed E-state index contributed by atoms with van der Waals surface area (Å²) >= 11 is 9.61. The van der Waals surface area contributed by atoms with Crippen LogP contribution in [0.5, 0.6) is 11.5 Å². The molecule has 0 unspecified atom stereocenters. The highest BCUT2D eigenvalue weighted by Crippen LogP contribution is 2.37. The summed E-state index contributed by atoms with van der Waals surface area (Å²) in [6, 6.07) is 27.3. The van der Waals surface area contributed by atoms with Gasteiger partial charge in [0.15, 0.2) is 11.5 Å². The average Bonchev–Trinajstić information content (AvgIpc) is 2.96. The van der Waals surface area contributed by atoms with Crippen LogP contribution in [0.1, 0.15) is 11.1 Å². The molecule has 0 aromatic heterocycles. The van der Waals surface area contributed by atoms with E-state index in [4.69, 9.17) is 21.1 Å². The van der Waals surface area contributed by atoms with E-state index in [1.54, 1.807) is 48.5 Å². The predicted molar refractivity (Wildman–Crippen MR) is 160 cm³/mol. The summed E-state index contributed by atoms with van der Waals surface area (Å²) < 4.78 is 39.8. The van der Waals surface area contributed by atoms with Gasteiger partial charge < -0.3 is 9.47 Å². The summed E-state index contributed by atoms with van der Waals surface area (Å²) in [6.07, 6.45) is 1.42. The zero-order valence-corrected chi connectivity index (χ0v) is 24.5. The largest absolute Gasteiger partial charge is 0.493 e. The van der Waals surface area contributed by atoms with Crippen molar-refractivity contribution < 1.29 is 22.7 Å². The van der Waals surface area contributed by atoms with Crippen LogP contribution in [0.4, 0.5) is 5.69 Å². The molecule has 0 saturated heterocycles. The van der Waals surface area contributed by atoms with Crippen molar-refractivity contribution in [1.82, 2.24) is 5.43 Å². The fourth-order valence-electron chi connectivity index (χ4n) is 3.69. The molecule has 0 saturated carbocycles. The second-order valence-electron chi connectivity index (χ2n) is 8.41. The maximum Gasteiger partial charge on any atom is 0.264 e. The summed E-state index contributed by atoms with van der Waals surface area (Å²) in [5.74, 6) is 0.347. The van der Waals surface area contributed by atoms with E-state index < -0.39 is 22.5 Å². The Morgan fingerprint density at radius 2 is 1.70 bits per heavy atom. The Labute approximate surface area is 246 Å². The Kier molecular flexibility index (Phi) is 9.81. The fourth-order valence-corrected chi connectivity index (χ4v) is 5.89. The van der Waals surface area contributed by atoms with Crippen molar-refractivity contribution >= 4 is 55.4 Å². The molecule has 40 heavy (non-hydrogen) atoms. The zero-order valence-electron chi connectivity index (χ0n) is 21.3. The monoisotopic (exact) mass is 641 g/mol. The Morgan fingerprint density at radius 1 is 1.00 bits per heavy atom. The smallest absolute Gasteiger partial charge is 0.264 e. The van der Waals surface area contributed by atoms with Gasteiger partial charge in [0, 0.05) is 5.02 Å². The maximum atomic E-state index is 13.4. The fraction of sp³-hybridized carbons (Fsp3) is 0.103. The first-order chi connectivity index (χ1) is 19.3. The molecule has 0 aliphatic heterocycles. The van der Waals surface area contributed by atoms with Crippen molar-refractivity contribution in [3.63, 3.8) is 0 Å². The molecule has 4 rings (SSSR count). The van der Waals surface area contributed by atoms with Crippen molar-refractivity contribution in [3.05, 3.63) is 118 Å². The third kappa shape index (κ3) is 7.41. The minimum Gasteiger partial charge on any atom is -0.493 e. The number of nitrogens with zero attached hydrogens (tertiary/aromatic N) is 2. The van der Waals surface area contributed by atoms with Crippen molar-refractivity contribution in [2.45, 2.75) is 11.5 Å².